The number of benzene rings is 1. The lowest BCUT2D eigenvalue weighted by molar-refractivity contribution is -0.116. The van der Waals surface area contributed by atoms with Crippen molar-refractivity contribution in [2.24, 2.45) is 11.5 Å². The first-order valence-electron chi connectivity index (χ1n) is 4.96. The Hall–Kier alpha value is -1.39. The predicted octanol–water partition coefficient (Wildman–Crippen LogP) is 0.457. The van der Waals surface area contributed by atoms with E-state index in [9.17, 15) is 4.79 Å². The first-order chi connectivity index (χ1) is 7.19. The first-order valence-corrected chi connectivity index (χ1v) is 4.96. The van der Waals surface area contributed by atoms with Gasteiger partial charge in [0.15, 0.2) is 0 Å². The van der Waals surface area contributed by atoms with E-state index in [1.807, 2.05) is 24.3 Å². The molecule has 0 aliphatic heterocycles. The lowest BCUT2D eigenvalue weighted by Gasteiger charge is -2.20. The molecule has 1 aromatic rings. The van der Waals surface area contributed by atoms with Crippen LogP contribution in [0.15, 0.2) is 24.3 Å². The van der Waals surface area contributed by atoms with Gasteiger partial charge in [-0.2, -0.15) is 0 Å². The molecule has 0 aliphatic carbocycles. The normalized spacial score (nSPS) is 10.1. The Balaban J connectivity index is 2.94. The summed E-state index contributed by atoms with van der Waals surface area (Å²) in [6, 6.07) is 7.63. The van der Waals surface area contributed by atoms with Gasteiger partial charge in [-0.1, -0.05) is 12.1 Å². The maximum atomic E-state index is 11.4. The van der Waals surface area contributed by atoms with Crippen LogP contribution in [0.2, 0.25) is 0 Å². The van der Waals surface area contributed by atoms with Gasteiger partial charge < -0.3 is 16.4 Å². The quantitative estimate of drug-likeness (QED) is 0.753. The van der Waals surface area contributed by atoms with Gasteiger partial charge in [0.05, 0.1) is 0 Å². The summed E-state index contributed by atoms with van der Waals surface area (Å²) in [6.07, 6.45) is 0. The maximum absolute atomic E-state index is 11.4. The minimum Gasteiger partial charge on any atom is -0.329 e. The predicted molar refractivity (Wildman–Crippen MR) is 61.4 cm³/mol. The van der Waals surface area contributed by atoms with Gasteiger partial charge in [-0.15, -0.1) is 0 Å². The average molecular weight is 207 g/mol. The van der Waals surface area contributed by atoms with Crippen molar-refractivity contribution in [1.82, 2.24) is 0 Å². The van der Waals surface area contributed by atoms with Gasteiger partial charge in [-0.05, 0) is 17.7 Å². The van der Waals surface area contributed by atoms with E-state index in [1.165, 1.54) is 6.92 Å². The van der Waals surface area contributed by atoms with E-state index in [4.69, 9.17) is 11.5 Å². The lowest BCUT2D eigenvalue weighted by Crippen LogP contribution is -2.33. The second kappa shape index (κ2) is 5.48. The van der Waals surface area contributed by atoms with Crippen molar-refractivity contribution < 1.29 is 4.79 Å². The summed E-state index contributed by atoms with van der Waals surface area (Å²) in [4.78, 5) is 13.0. The molecule has 0 aliphatic rings. The Labute approximate surface area is 89.9 Å². The summed E-state index contributed by atoms with van der Waals surface area (Å²) < 4.78 is 0. The zero-order valence-electron chi connectivity index (χ0n) is 8.94. The fraction of sp³-hybridized carbons (Fsp3) is 0.364. The van der Waals surface area contributed by atoms with Crippen LogP contribution in [-0.2, 0) is 11.3 Å². The van der Waals surface area contributed by atoms with E-state index in [0.717, 1.165) is 11.3 Å². The Morgan fingerprint density at radius 3 is 2.67 bits per heavy atom. The van der Waals surface area contributed by atoms with Crippen LogP contribution in [0.1, 0.15) is 12.5 Å². The Kier molecular flexibility index (Phi) is 4.27. The SMILES string of the molecule is CC(=O)N(CCN)c1cccc(CN)c1. The number of amides is 1. The van der Waals surface area contributed by atoms with Crippen molar-refractivity contribution in [3.8, 4) is 0 Å². The third-order valence-electron chi connectivity index (χ3n) is 2.19. The molecule has 4 N–H and O–H groups in total. The van der Waals surface area contributed by atoms with Gasteiger partial charge in [-0.25, -0.2) is 0 Å². The first kappa shape index (κ1) is 11.7. The highest BCUT2D eigenvalue weighted by Crippen LogP contribution is 2.15. The molecule has 0 spiro atoms. The van der Waals surface area contributed by atoms with Crippen LogP contribution in [0.4, 0.5) is 5.69 Å². The van der Waals surface area contributed by atoms with Gasteiger partial charge in [0, 0.05) is 32.2 Å². The van der Waals surface area contributed by atoms with Crippen molar-refractivity contribution in [1.29, 1.82) is 0 Å². The van der Waals surface area contributed by atoms with Crippen LogP contribution in [0, 0.1) is 0 Å². The third kappa shape index (κ3) is 3.04. The standard InChI is InChI=1S/C11H17N3O/c1-9(15)14(6-5-12)11-4-2-3-10(7-11)8-13/h2-4,7H,5-6,8,12-13H2,1H3. The number of carbonyl (C=O) groups excluding carboxylic acids is 1. The molecule has 0 aromatic heterocycles. The number of carbonyl (C=O) groups is 1. The summed E-state index contributed by atoms with van der Waals surface area (Å²) >= 11 is 0. The molecule has 1 rings (SSSR count). The summed E-state index contributed by atoms with van der Waals surface area (Å²) in [7, 11) is 0. The molecule has 0 radical (unpaired) electrons. The second-order valence-electron chi connectivity index (χ2n) is 3.33. The fourth-order valence-corrected chi connectivity index (χ4v) is 1.45. The Morgan fingerprint density at radius 2 is 2.13 bits per heavy atom. The van der Waals surface area contributed by atoms with E-state index >= 15 is 0 Å². The molecule has 15 heavy (non-hydrogen) atoms. The number of rotatable bonds is 4. The molecule has 4 heteroatoms. The number of nitrogens with two attached hydrogens (primary N) is 2. The molecule has 1 aromatic carbocycles. The highest BCUT2D eigenvalue weighted by Gasteiger charge is 2.09. The molecule has 0 saturated carbocycles. The summed E-state index contributed by atoms with van der Waals surface area (Å²) in [5.41, 5.74) is 12.9. The van der Waals surface area contributed by atoms with E-state index in [0.29, 0.717) is 19.6 Å². The van der Waals surface area contributed by atoms with Crippen LogP contribution < -0.4 is 16.4 Å². The number of nitrogens with zero attached hydrogens (tertiary/aromatic N) is 1. The Bertz CT molecular complexity index is 338. The minimum absolute atomic E-state index is 0.00498. The van der Waals surface area contributed by atoms with E-state index in [-0.39, 0.29) is 5.91 Å². The molecule has 0 atom stereocenters. The maximum Gasteiger partial charge on any atom is 0.223 e. The van der Waals surface area contributed by atoms with E-state index in [2.05, 4.69) is 0 Å². The van der Waals surface area contributed by atoms with Crippen molar-refractivity contribution in [3.05, 3.63) is 29.8 Å². The largest absolute Gasteiger partial charge is 0.329 e. The van der Waals surface area contributed by atoms with Crippen LogP contribution >= 0.6 is 0 Å². The molecule has 0 saturated heterocycles. The van der Waals surface area contributed by atoms with Gasteiger partial charge in [0.25, 0.3) is 0 Å². The molecular formula is C11H17N3O. The fourth-order valence-electron chi connectivity index (χ4n) is 1.45. The molecule has 82 valence electrons. The molecule has 0 bridgehead atoms. The number of anilines is 1. The topological polar surface area (TPSA) is 72.3 Å². The number of hydrogen-bond acceptors (Lipinski definition) is 3. The van der Waals surface area contributed by atoms with Crippen LogP contribution in [0.25, 0.3) is 0 Å². The highest BCUT2D eigenvalue weighted by molar-refractivity contribution is 5.91. The van der Waals surface area contributed by atoms with Gasteiger partial charge in [-0.3, -0.25) is 4.79 Å². The van der Waals surface area contributed by atoms with Crippen LogP contribution in [-0.4, -0.2) is 19.0 Å². The zero-order chi connectivity index (χ0) is 11.3. The molecule has 0 unspecified atom stereocenters. The summed E-state index contributed by atoms with van der Waals surface area (Å²) in [5.74, 6) is -0.00498. The van der Waals surface area contributed by atoms with Crippen molar-refractivity contribution in [2.45, 2.75) is 13.5 Å². The van der Waals surface area contributed by atoms with Crippen LogP contribution in [0.3, 0.4) is 0 Å². The zero-order valence-corrected chi connectivity index (χ0v) is 8.94. The van der Waals surface area contributed by atoms with Crippen LogP contribution in [0.5, 0.6) is 0 Å². The molecular weight excluding hydrogens is 190 g/mol. The summed E-state index contributed by atoms with van der Waals surface area (Å²) in [6.45, 7) is 2.99. The second-order valence-corrected chi connectivity index (χ2v) is 3.33. The van der Waals surface area contributed by atoms with Crippen molar-refractivity contribution >= 4 is 11.6 Å². The smallest absolute Gasteiger partial charge is 0.223 e. The molecule has 1 amide bonds. The minimum atomic E-state index is -0.00498. The third-order valence-corrected chi connectivity index (χ3v) is 2.19. The van der Waals surface area contributed by atoms with Gasteiger partial charge in [0.1, 0.15) is 0 Å². The number of hydrogen-bond donors (Lipinski definition) is 2. The van der Waals surface area contributed by atoms with Gasteiger partial charge in [0.2, 0.25) is 5.91 Å². The van der Waals surface area contributed by atoms with Crippen molar-refractivity contribution in [3.63, 3.8) is 0 Å². The molecule has 0 fully saturated rings. The van der Waals surface area contributed by atoms with Gasteiger partial charge >= 0.3 is 0 Å². The molecule has 0 heterocycles. The van der Waals surface area contributed by atoms with Crippen molar-refractivity contribution in [2.75, 3.05) is 18.0 Å². The average Bonchev–Trinajstić information content (AvgIpc) is 2.25. The van der Waals surface area contributed by atoms with E-state index < -0.39 is 0 Å². The summed E-state index contributed by atoms with van der Waals surface area (Å²) in [5, 5.41) is 0. The lowest BCUT2D eigenvalue weighted by atomic mass is 10.2. The monoisotopic (exact) mass is 207 g/mol. The molecule has 4 nitrogen and oxygen atoms in total. The Morgan fingerprint density at radius 1 is 1.40 bits per heavy atom. The van der Waals surface area contributed by atoms with E-state index in [1.54, 1.807) is 4.90 Å². The highest BCUT2D eigenvalue weighted by atomic mass is 16.2.